The predicted molar refractivity (Wildman–Crippen MR) is 88.5 cm³/mol. The van der Waals surface area contributed by atoms with Crippen molar-refractivity contribution in [3.8, 4) is 0 Å². The molecule has 3 rings (SSSR count). The third kappa shape index (κ3) is 3.32. The summed E-state index contributed by atoms with van der Waals surface area (Å²) in [6, 6.07) is 12.8. The number of para-hydroxylation sites is 1. The van der Waals surface area contributed by atoms with Crippen LogP contribution in [0.15, 0.2) is 53.3 Å². The minimum atomic E-state index is -0.658. The Labute approximate surface area is 137 Å². The van der Waals surface area contributed by atoms with Crippen molar-refractivity contribution in [2.75, 3.05) is 5.32 Å². The number of halogens is 2. The highest BCUT2D eigenvalue weighted by Gasteiger charge is 2.14. The van der Waals surface area contributed by atoms with E-state index in [1.165, 1.54) is 18.2 Å². The van der Waals surface area contributed by atoms with Gasteiger partial charge in [0.1, 0.15) is 11.6 Å². The monoisotopic (exact) mass is 327 g/mol. The molecular weight excluding hydrogens is 312 g/mol. The summed E-state index contributed by atoms with van der Waals surface area (Å²) in [5, 5.41) is 2.97. The molecule has 1 aromatic heterocycles. The largest absolute Gasteiger partial charge is 0.326 e. The summed E-state index contributed by atoms with van der Waals surface area (Å²) in [5.74, 6) is -1.09. The van der Waals surface area contributed by atoms with Gasteiger partial charge < -0.3 is 5.32 Å². The van der Waals surface area contributed by atoms with Gasteiger partial charge in [0.15, 0.2) is 0 Å². The van der Waals surface area contributed by atoms with Gasteiger partial charge in [0.25, 0.3) is 5.56 Å². The first-order valence-electron chi connectivity index (χ1n) is 7.39. The van der Waals surface area contributed by atoms with Crippen molar-refractivity contribution in [3.05, 3.63) is 87.3 Å². The van der Waals surface area contributed by atoms with Crippen molar-refractivity contribution < 1.29 is 8.78 Å². The van der Waals surface area contributed by atoms with Crippen LogP contribution in [0, 0.1) is 18.6 Å². The zero-order chi connectivity index (χ0) is 17.1. The first-order chi connectivity index (χ1) is 11.5. The van der Waals surface area contributed by atoms with Gasteiger partial charge in [0.05, 0.1) is 5.69 Å². The molecule has 1 heterocycles. The van der Waals surface area contributed by atoms with Crippen molar-refractivity contribution in [2.24, 2.45) is 0 Å². The van der Waals surface area contributed by atoms with Gasteiger partial charge in [0, 0.05) is 23.2 Å². The van der Waals surface area contributed by atoms with Gasteiger partial charge >= 0.3 is 0 Å². The topological polar surface area (TPSA) is 57.8 Å². The van der Waals surface area contributed by atoms with Crippen molar-refractivity contribution in [2.45, 2.75) is 13.3 Å². The summed E-state index contributed by atoms with van der Waals surface area (Å²) >= 11 is 0. The molecule has 0 saturated heterocycles. The molecule has 0 fully saturated rings. The van der Waals surface area contributed by atoms with Crippen LogP contribution in [0.2, 0.25) is 0 Å². The molecule has 24 heavy (non-hydrogen) atoms. The van der Waals surface area contributed by atoms with Gasteiger partial charge in [-0.25, -0.2) is 13.8 Å². The molecule has 2 aromatic carbocycles. The molecule has 4 nitrogen and oxygen atoms in total. The van der Waals surface area contributed by atoms with E-state index in [9.17, 15) is 13.6 Å². The lowest BCUT2D eigenvalue weighted by molar-refractivity contribution is 0.560. The van der Waals surface area contributed by atoms with Gasteiger partial charge in [-0.2, -0.15) is 0 Å². The maximum Gasteiger partial charge on any atom is 0.255 e. The standard InChI is InChI=1S/C18H15F2N3O/c1-11-16(10-13-14(19)8-5-9-15(13)20)22-18(23-17(11)24)21-12-6-3-2-4-7-12/h2-9H,10H2,1H3,(H2,21,22,23,24). The Balaban J connectivity index is 1.97. The molecule has 0 aliphatic heterocycles. The Hall–Kier alpha value is -3.02. The van der Waals surface area contributed by atoms with Crippen LogP contribution in [-0.4, -0.2) is 9.97 Å². The van der Waals surface area contributed by atoms with Gasteiger partial charge in [-0.05, 0) is 31.2 Å². The van der Waals surface area contributed by atoms with Crippen LogP contribution in [0.1, 0.15) is 16.8 Å². The summed E-state index contributed by atoms with van der Waals surface area (Å²) in [6.07, 6.45) is -0.0995. The number of anilines is 2. The SMILES string of the molecule is Cc1c(Cc2c(F)cccc2F)nc(Nc2ccccc2)[nH]c1=O. The van der Waals surface area contributed by atoms with E-state index in [-0.39, 0.29) is 23.5 Å². The molecular formula is C18H15F2N3O. The number of benzene rings is 2. The lowest BCUT2D eigenvalue weighted by atomic mass is 10.1. The molecule has 0 aliphatic carbocycles. The number of hydrogen-bond donors (Lipinski definition) is 2. The highest BCUT2D eigenvalue weighted by molar-refractivity contribution is 5.53. The molecule has 0 bridgehead atoms. The lowest BCUT2D eigenvalue weighted by Crippen LogP contribution is -2.18. The molecule has 0 aliphatic rings. The molecule has 6 heteroatoms. The second kappa shape index (κ2) is 6.62. The number of H-pyrrole nitrogens is 1. The minimum Gasteiger partial charge on any atom is -0.326 e. The predicted octanol–water partition coefficient (Wildman–Crippen LogP) is 3.69. The molecule has 0 saturated carbocycles. The second-order valence-corrected chi connectivity index (χ2v) is 5.35. The van der Waals surface area contributed by atoms with E-state index < -0.39 is 11.6 Å². The first kappa shape index (κ1) is 15.9. The van der Waals surface area contributed by atoms with Crippen LogP contribution in [0.4, 0.5) is 20.4 Å². The van der Waals surface area contributed by atoms with Crippen LogP contribution in [-0.2, 0) is 6.42 Å². The summed E-state index contributed by atoms with van der Waals surface area (Å²) in [6.45, 7) is 1.58. The Bertz CT molecular complexity index is 903. The molecule has 0 radical (unpaired) electrons. The number of nitrogens with zero attached hydrogens (tertiary/aromatic N) is 1. The second-order valence-electron chi connectivity index (χ2n) is 5.35. The summed E-state index contributed by atoms with van der Waals surface area (Å²) in [4.78, 5) is 19.0. The number of aromatic amines is 1. The molecule has 0 amide bonds. The molecule has 0 unspecified atom stereocenters. The minimum absolute atomic E-state index is 0.0995. The van der Waals surface area contributed by atoms with Gasteiger partial charge in [-0.15, -0.1) is 0 Å². The van der Waals surface area contributed by atoms with E-state index in [4.69, 9.17) is 0 Å². The smallest absolute Gasteiger partial charge is 0.255 e. The van der Waals surface area contributed by atoms with E-state index in [1.807, 2.05) is 30.3 Å². The summed E-state index contributed by atoms with van der Waals surface area (Å²) in [5.41, 5.74) is 0.935. The van der Waals surface area contributed by atoms with E-state index in [0.29, 0.717) is 11.3 Å². The van der Waals surface area contributed by atoms with Crippen molar-refractivity contribution in [1.29, 1.82) is 0 Å². The van der Waals surface area contributed by atoms with Gasteiger partial charge in [-0.1, -0.05) is 24.3 Å². The zero-order valence-corrected chi connectivity index (χ0v) is 12.9. The molecule has 3 aromatic rings. The molecule has 0 atom stereocenters. The van der Waals surface area contributed by atoms with Gasteiger partial charge in [0.2, 0.25) is 5.95 Å². The molecule has 2 N–H and O–H groups in total. The van der Waals surface area contributed by atoms with Crippen molar-refractivity contribution in [3.63, 3.8) is 0 Å². The highest BCUT2D eigenvalue weighted by atomic mass is 19.1. The van der Waals surface area contributed by atoms with Crippen LogP contribution in [0.3, 0.4) is 0 Å². The fourth-order valence-electron chi connectivity index (χ4n) is 2.34. The Morgan fingerprint density at radius 1 is 1.04 bits per heavy atom. The Morgan fingerprint density at radius 2 is 1.71 bits per heavy atom. The molecule has 0 spiro atoms. The van der Waals surface area contributed by atoms with Crippen LogP contribution in [0.5, 0.6) is 0 Å². The van der Waals surface area contributed by atoms with Gasteiger partial charge in [-0.3, -0.25) is 9.78 Å². The third-order valence-electron chi connectivity index (χ3n) is 3.69. The van der Waals surface area contributed by atoms with Crippen molar-refractivity contribution in [1.82, 2.24) is 9.97 Å². The molecule has 122 valence electrons. The van der Waals surface area contributed by atoms with E-state index >= 15 is 0 Å². The fraction of sp³-hybridized carbons (Fsp3) is 0.111. The first-order valence-corrected chi connectivity index (χ1v) is 7.39. The number of hydrogen-bond acceptors (Lipinski definition) is 3. The maximum atomic E-state index is 13.8. The van der Waals surface area contributed by atoms with Crippen LogP contribution < -0.4 is 10.9 Å². The van der Waals surface area contributed by atoms with E-state index in [1.54, 1.807) is 6.92 Å². The Morgan fingerprint density at radius 3 is 2.38 bits per heavy atom. The number of aromatic nitrogens is 2. The number of rotatable bonds is 4. The van der Waals surface area contributed by atoms with Crippen LogP contribution in [0.25, 0.3) is 0 Å². The van der Waals surface area contributed by atoms with E-state index in [0.717, 1.165) is 5.69 Å². The summed E-state index contributed by atoms with van der Waals surface area (Å²) in [7, 11) is 0. The van der Waals surface area contributed by atoms with E-state index in [2.05, 4.69) is 15.3 Å². The lowest BCUT2D eigenvalue weighted by Gasteiger charge is -2.10. The quantitative estimate of drug-likeness (QED) is 0.768. The Kier molecular flexibility index (Phi) is 4.37. The number of nitrogens with one attached hydrogen (secondary N) is 2. The highest BCUT2D eigenvalue weighted by Crippen LogP contribution is 2.18. The van der Waals surface area contributed by atoms with Crippen LogP contribution >= 0.6 is 0 Å². The third-order valence-corrected chi connectivity index (χ3v) is 3.69. The zero-order valence-electron chi connectivity index (χ0n) is 12.9. The maximum absolute atomic E-state index is 13.8. The average molecular weight is 327 g/mol. The summed E-state index contributed by atoms with van der Waals surface area (Å²) < 4.78 is 27.7. The fourth-order valence-corrected chi connectivity index (χ4v) is 2.34. The average Bonchev–Trinajstić information content (AvgIpc) is 2.56. The van der Waals surface area contributed by atoms with Crippen molar-refractivity contribution >= 4 is 11.6 Å². The normalized spacial score (nSPS) is 10.6.